The molecule has 0 aliphatic carbocycles. The SMILES string of the molecule is O=C(C=Cc1ccccc1)Nc1nc2n(n1)C(c1ccc(F)cc1)C=C(c1ccccc1)N2. The van der Waals surface area contributed by atoms with Gasteiger partial charge in [-0.3, -0.25) is 10.1 Å². The van der Waals surface area contributed by atoms with Gasteiger partial charge in [-0.05, 0) is 41.0 Å². The van der Waals surface area contributed by atoms with E-state index in [-0.39, 0.29) is 23.7 Å². The molecular weight excluding hydrogens is 417 g/mol. The number of fused-ring (bicyclic) bond motifs is 1. The van der Waals surface area contributed by atoms with Crippen molar-refractivity contribution in [2.75, 3.05) is 10.6 Å². The van der Waals surface area contributed by atoms with Crippen molar-refractivity contribution in [1.82, 2.24) is 14.8 Å². The highest BCUT2D eigenvalue weighted by atomic mass is 19.1. The van der Waals surface area contributed by atoms with Gasteiger partial charge in [0.25, 0.3) is 11.9 Å². The predicted octanol–water partition coefficient (Wildman–Crippen LogP) is 5.13. The van der Waals surface area contributed by atoms with Crippen molar-refractivity contribution >= 4 is 29.6 Å². The van der Waals surface area contributed by atoms with Crippen LogP contribution in [0.25, 0.3) is 11.8 Å². The second kappa shape index (κ2) is 8.92. The molecule has 1 aromatic heterocycles. The number of nitrogens with zero attached hydrogens (tertiary/aromatic N) is 3. The van der Waals surface area contributed by atoms with E-state index in [2.05, 4.69) is 20.7 Å². The first kappa shape index (κ1) is 20.4. The first-order valence-corrected chi connectivity index (χ1v) is 10.5. The Hall–Kier alpha value is -4.52. The number of hydrogen-bond donors (Lipinski definition) is 2. The van der Waals surface area contributed by atoms with Crippen LogP contribution in [-0.4, -0.2) is 20.7 Å². The minimum absolute atomic E-state index is 0.176. The number of halogens is 1. The van der Waals surface area contributed by atoms with Crippen molar-refractivity contribution in [3.8, 4) is 0 Å². The van der Waals surface area contributed by atoms with E-state index in [0.29, 0.717) is 5.95 Å². The van der Waals surface area contributed by atoms with Crippen LogP contribution in [0.3, 0.4) is 0 Å². The van der Waals surface area contributed by atoms with E-state index in [1.54, 1.807) is 22.9 Å². The number of benzene rings is 3. The van der Waals surface area contributed by atoms with Gasteiger partial charge in [0.15, 0.2) is 0 Å². The Morgan fingerprint density at radius 2 is 1.67 bits per heavy atom. The standard InChI is InChI=1S/C26H20FN5O/c27-21-14-12-20(13-15-21)23-17-22(19-9-5-2-6-10-19)28-26-30-25(31-32(23)26)29-24(33)16-11-18-7-3-1-4-8-18/h1-17,23H,(H2,28,29,30,31,33). The summed E-state index contributed by atoms with van der Waals surface area (Å²) in [5.41, 5.74) is 3.60. The fraction of sp³-hybridized carbons (Fsp3) is 0.0385. The van der Waals surface area contributed by atoms with E-state index in [4.69, 9.17) is 0 Å². The number of rotatable bonds is 5. The summed E-state index contributed by atoms with van der Waals surface area (Å²) in [5, 5.41) is 10.5. The maximum atomic E-state index is 13.5. The van der Waals surface area contributed by atoms with Crippen molar-refractivity contribution in [3.05, 3.63) is 120 Å². The third-order valence-corrected chi connectivity index (χ3v) is 5.22. The lowest BCUT2D eigenvalue weighted by molar-refractivity contribution is -0.111. The van der Waals surface area contributed by atoms with Gasteiger partial charge in [0.2, 0.25) is 5.95 Å². The Morgan fingerprint density at radius 1 is 0.970 bits per heavy atom. The normalized spacial score (nSPS) is 14.9. The average Bonchev–Trinajstić information content (AvgIpc) is 3.26. The van der Waals surface area contributed by atoms with Crippen molar-refractivity contribution in [3.63, 3.8) is 0 Å². The smallest absolute Gasteiger partial charge is 0.250 e. The molecule has 3 aromatic carbocycles. The van der Waals surface area contributed by atoms with Crippen LogP contribution in [0.15, 0.2) is 97.1 Å². The summed E-state index contributed by atoms with van der Waals surface area (Å²) >= 11 is 0. The van der Waals surface area contributed by atoms with Gasteiger partial charge in [-0.15, -0.1) is 5.10 Å². The molecule has 1 aliphatic heterocycles. The molecule has 1 atom stereocenters. The molecule has 6 nitrogen and oxygen atoms in total. The highest BCUT2D eigenvalue weighted by Gasteiger charge is 2.25. The summed E-state index contributed by atoms with van der Waals surface area (Å²) in [6, 6.07) is 25.3. The van der Waals surface area contributed by atoms with E-state index in [1.165, 1.54) is 18.2 Å². The van der Waals surface area contributed by atoms with Crippen molar-refractivity contribution in [2.45, 2.75) is 6.04 Å². The Labute approximate surface area is 190 Å². The maximum Gasteiger partial charge on any atom is 0.250 e. The lowest BCUT2D eigenvalue weighted by Gasteiger charge is -2.24. The summed E-state index contributed by atoms with van der Waals surface area (Å²) in [4.78, 5) is 16.9. The molecule has 5 rings (SSSR count). The molecule has 4 aromatic rings. The Bertz CT molecular complexity index is 1330. The molecule has 0 radical (unpaired) electrons. The monoisotopic (exact) mass is 437 g/mol. The largest absolute Gasteiger partial charge is 0.324 e. The highest BCUT2D eigenvalue weighted by Crippen LogP contribution is 2.33. The summed E-state index contributed by atoms with van der Waals surface area (Å²) in [5.74, 6) is 0.0105. The quantitative estimate of drug-likeness (QED) is 0.425. The number of carbonyl (C=O) groups is 1. The molecule has 33 heavy (non-hydrogen) atoms. The summed E-state index contributed by atoms with van der Waals surface area (Å²) in [6.07, 6.45) is 5.17. The molecule has 0 spiro atoms. The number of aromatic nitrogens is 3. The summed E-state index contributed by atoms with van der Waals surface area (Å²) < 4.78 is 15.2. The molecule has 2 N–H and O–H groups in total. The number of hydrogen-bond acceptors (Lipinski definition) is 4. The Kier molecular flexibility index (Phi) is 5.51. The van der Waals surface area contributed by atoms with E-state index in [1.807, 2.05) is 66.7 Å². The minimum atomic E-state index is -0.337. The molecule has 0 bridgehead atoms. The van der Waals surface area contributed by atoms with E-state index in [9.17, 15) is 9.18 Å². The zero-order chi connectivity index (χ0) is 22.6. The van der Waals surface area contributed by atoms with Crippen LogP contribution >= 0.6 is 0 Å². The number of anilines is 2. The first-order valence-electron chi connectivity index (χ1n) is 10.5. The lowest BCUT2D eigenvalue weighted by atomic mass is 10.0. The van der Waals surface area contributed by atoms with Gasteiger partial charge in [-0.1, -0.05) is 72.8 Å². The summed E-state index contributed by atoms with van der Waals surface area (Å²) in [7, 11) is 0. The molecule has 1 unspecified atom stereocenters. The zero-order valence-corrected chi connectivity index (χ0v) is 17.5. The van der Waals surface area contributed by atoms with E-state index >= 15 is 0 Å². The van der Waals surface area contributed by atoms with Crippen molar-refractivity contribution in [1.29, 1.82) is 0 Å². The lowest BCUT2D eigenvalue weighted by Crippen LogP contribution is -2.20. The molecular formula is C26H20FN5O. The number of nitrogens with one attached hydrogen (secondary N) is 2. The summed E-state index contributed by atoms with van der Waals surface area (Å²) in [6.45, 7) is 0. The molecule has 2 heterocycles. The molecule has 0 fully saturated rings. The second-order valence-corrected chi connectivity index (χ2v) is 7.50. The second-order valence-electron chi connectivity index (χ2n) is 7.50. The van der Waals surface area contributed by atoms with Crippen molar-refractivity contribution in [2.24, 2.45) is 0 Å². The van der Waals surface area contributed by atoms with E-state index < -0.39 is 0 Å². The Balaban J connectivity index is 1.44. The molecule has 0 saturated heterocycles. The van der Waals surface area contributed by atoms with E-state index in [0.717, 1.165) is 22.4 Å². The van der Waals surface area contributed by atoms with Gasteiger partial charge in [0, 0.05) is 11.8 Å². The topological polar surface area (TPSA) is 71.8 Å². The van der Waals surface area contributed by atoms with Crippen LogP contribution < -0.4 is 10.6 Å². The van der Waals surface area contributed by atoms with Crippen molar-refractivity contribution < 1.29 is 9.18 Å². The van der Waals surface area contributed by atoms with Gasteiger partial charge in [0.1, 0.15) is 11.9 Å². The Morgan fingerprint density at radius 3 is 2.39 bits per heavy atom. The number of amides is 1. The van der Waals surface area contributed by atoms with Crippen LogP contribution in [0.4, 0.5) is 16.3 Å². The highest BCUT2D eigenvalue weighted by molar-refractivity contribution is 6.01. The van der Waals surface area contributed by atoms with Crippen LogP contribution in [0.2, 0.25) is 0 Å². The third-order valence-electron chi connectivity index (χ3n) is 5.22. The molecule has 7 heteroatoms. The van der Waals surface area contributed by atoms with Gasteiger partial charge in [-0.2, -0.15) is 4.98 Å². The van der Waals surface area contributed by atoms with Gasteiger partial charge >= 0.3 is 0 Å². The zero-order valence-electron chi connectivity index (χ0n) is 17.5. The van der Waals surface area contributed by atoms with Gasteiger partial charge in [-0.25, -0.2) is 9.07 Å². The van der Waals surface area contributed by atoms with Crippen LogP contribution in [-0.2, 0) is 4.79 Å². The molecule has 0 saturated carbocycles. The molecule has 1 aliphatic rings. The van der Waals surface area contributed by atoms with Gasteiger partial charge < -0.3 is 5.32 Å². The number of allylic oxidation sites excluding steroid dienone is 1. The van der Waals surface area contributed by atoms with Crippen LogP contribution in [0.5, 0.6) is 0 Å². The number of carbonyl (C=O) groups excluding carboxylic acids is 1. The first-order chi connectivity index (χ1) is 16.2. The van der Waals surface area contributed by atoms with Crippen LogP contribution in [0.1, 0.15) is 22.7 Å². The van der Waals surface area contributed by atoms with Crippen LogP contribution in [0, 0.1) is 5.82 Å². The minimum Gasteiger partial charge on any atom is -0.324 e. The maximum absolute atomic E-state index is 13.5. The average molecular weight is 437 g/mol. The molecule has 1 amide bonds. The fourth-order valence-electron chi connectivity index (χ4n) is 3.62. The van der Waals surface area contributed by atoms with Gasteiger partial charge in [0.05, 0.1) is 0 Å². The predicted molar refractivity (Wildman–Crippen MR) is 127 cm³/mol. The molecule has 162 valence electrons. The third kappa shape index (κ3) is 4.57. The fourth-order valence-corrected chi connectivity index (χ4v) is 3.62.